The maximum atomic E-state index is 13.3. The molecule has 0 saturated heterocycles. The Kier molecular flexibility index (Phi) is 3.80. The SMILES string of the molecule is COc1cc(NN=Cc2ccccc2F)ncn1. The molecule has 1 heterocycles. The van der Waals surface area contributed by atoms with E-state index in [1.807, 2.05) is 0 Å². The first kappa shape index (κ1) is 12.0. The maximum absolute atomic E-state index is 13.3. The average molecular weight is 246 g/mol. The van der Waals surface area contributed by atoms with Crippen molar-refractivity contribution in [3.63, 3.8) is 0 Å². The summed E-state index contributed by atoms with van der Waals surface area (Å²) in [7, 11) is 1.51. The lowest BCUT2D eigenvalue weighted by atomic mass is 10.2. The molecule has 0 aliphatic rings. The van der Waals surface area contributed by atoms with E-state index in [-0.39, 0.29) is 5.82 Å². The van der Waals surface area contributed by atoms with Gasteiger partial charge in [0.1, 0.15) is 12.1 Å². The number of anilines is 1. The fourth-order valence-electron chi connectivity index (χ4n) is 1.26. The lowest BCUT2D eigenvalue weighted by Gasteiger charge is -2.01. The molecule has 1 aromatic carbocycles. The summed E-state index contributed by atoms with van der Waals surface area (Å²) in [5.41, 5.74) is 3.06. The normalized spacial score (nSPS) is 10.6. The van der Waals surface area contributed by atoms with Crippen LogP contribution in [-0.2, 0) is 0 Å². The van der Waals surface area contributed by atoms with E-state index >= 15 is 0 Å². The standard InChI is InChI=1S/C12H11FN4O/c1-18-12-6-11(14-8-15-12)17-16-7-9-4-2-3-5-10(9)13/h2-8H,1H3,(H,14,15,17). The monoisotopic (exact) mass is 246 g/mol. The summed E-state index contributed by atoms with van der Waals surface area (Å²) in [6, 6.07) is 7.93. The maximum Gasteiger partial charge on any atom is 0.218 e. The molecular weight excluding hydrogens is 235 g/mol. The number of ether oxygens (including phenoxy) is 1. The van der Waals surface area contributed by atoms with E-state index < -0.39 is 0 Å². The predicted octanol–water partition coefficient (Wildman–Crippen LogP) is 2.07. The lowest BCUT2D eigenvalue weighted by molar-refractivity contribution is 0.397. The highest BCUT2D eigenvalue weighted by atomic mass is 19.1. The zero-order valence-corrected chi connectivity index (χ0v) is 9.67. The van der Waals surface area contributed by atoms with Crippen molar-refractivity contribution in [1.29, 1.82) is 0 Å². The minimum atomic E-state index is -0.330. The van der Waals surface area contributed by atoms with Gasteiger partial charge in [-0.1, -0.05) is 18.2 Å². The highest BCUT2D eigenvalue weighted by Crippen LogP contribution is 2.10. The van der Waals surface area contributed by atoms with Crippen LogP contribution in [0.5, 0.6) is 5.88 Å². The van der Waals surface area contributed by atoms with Gasteiger partial charge in [0.15, 0.2) is 5.82 Å². The summed E-state index contributed by atoms with van der Waals surface area (Å²) in [6.07, 6.45) is 2.73. The molecule has 0 saturated carbocycles. The summed E-state index contributed by atoms with van der Waals surface area (Å²) in [6.45, 7) is 0. The number of benzene rings is 1. The first-order valence-corrected chi connectivity index (χ1v) is 5.19. The van der Waals surface area contributed by atoms with Crippen molar-refractivity contribution in [3.8, 4) is 5.88 Å². The Morgan fingerprint density at radius 3 is 2.94 bits per heavy atom. The van der Waals surface area contributed by atoms with Gasteiger partial charge in [0, 0.05) is 11.6 Å². The fourth-order valence-corrected chi connectivity index (χ4v) is 1.26. The van der Waals surface area contributed by atoms with Gasteiger partial charge in [-0.3, -0.25) is 5.43 Å². The Morgan fingerprint density at radius 1 is 1.33 bits per heavy atom. The molecule has 0 fully saturated rings. The van der Waals surface area contributed by atoms with Crippen LogP contribution in [0.3, 0.4) is 0 Å². The second-order valence-electron chi connectivity index (χ2n) is 3.34. The predicted molar refractivity (Wildman–Crippen MR) is 66.2 cm³/mol. The highest BCUT2D eigenvalue weighted by molar-refractivity contribution is 5.80. The first-order chi connectivity index (χ1) is 8.79. The molecule has 0 aliphatic heterocycles. The summed E-state index contributed by atoms with van der Waals surface area (Å²) in [4.78, 5) is 7.78. The number of hydrazone groups is 1. The largest absolute Gasteiger partial charge is 0.481 e. The van der Waals surface area contributed by atoms with Gasteiger partial charge in [-0.15, -0.1) is 0 Å². The Labute approximate surface area is 103 Å². The minimum Gasteiger partial charge on any atom is -0.481 e. The molecule has 0 bridgehead atoms. The van der Waals surface area contributed by atoms with Crippen molar-refractivity contribution in [2.24, 2.45) is 5.10 Å². The Bertz CT molecular complexity index is 559. The van der Waals surface area contributed by atoms with Crippen molar-refractivity contribution >= 4 is 12.0 Å². The summed E-state index contributed by atoms with van der Waals surface area (Å²) >= 11 is 0. The van der Waals surface area contributed by atoms with Crippen molar-refractivity contribution in [2.75, 3.05) is 12.5 Å². The molecule has 0 amide bonds. The van der Waals surface area contributed by atoms with Crippen molar-refractivity contribution < 1.29 is 9.13 Å². The number of nitrogens with one attached hydrogen (secondary N) is 1. The van der Waals surface area contributed by atoms with Gasteiger partial charge >= 0.3 is 0 Å². The number of aromatic nitrogens is 2. The quantitative estimate of drug-likeness (QED) is 0.662. The molecule has 92 valence electrons. The highest BCUT2D eigenvalue weighted by Gasteiger charge is 1.97. The van der Waals surface area contributed by atoms with Crippen LogP contribution in [0.4, 0.5) is 10.2 Å². The zero-order valence-electron chi connectivity index (χ0n) is 9.67. The van der Waals surface area contributed by atoms with Crippen LogP contribution >= 0.6 is 0 Å². The van der Waals surface area contributed by atoms with E-state index in [1.165, 1.54) is 25.7 Å². The zero-order chi connectivity index (χ0) is 12.8. The van der Waals surface area contributed by atoms with Gasteiger partial charge in [0.05, 0.1) is 13.3 Å². The minimum absolute atomic E-state index is 0.330. The number of rotatable bonds is 4. The second kappa shape index (κ2) is 5.72. The molecule has 18 heavy (non-hydrogen) atoms. The molecule has 0 spiro atoms. The molecule has 6 heteroatoms. The van der Waals surface area contributed by atoms with E-state index in [1.54, 1.807) is 24.3 Å². The van der Waals surface area contributed by atoms with E-state index in [2.05, 4.69) is 20.5 Å². The van der Waals surface area contributed by atoms with Gasteiger partial charge in [0.25, 0.3) is 0 Å². The molecule has 0 aliphatic carbocycles. The molecule has 2 aromatic rings. The molecule has 0 unspecified atom stereocenters. The van der Waals surface area contributed by atoms with Gasteiger partial charge < -0.3 is 4.74 Å². The summed E-state index contributed by atoms with van der Waals surface area (Å²) in [5.74, 6) is 0.561. The molecular formula is C12H11FN4O. The van der Waals surface area contributed by atoms with Gasteiger partial charge in [-0.25, -0.2) is 14.4 Å². The van der Waals surface area contributed by atoms with Crippen LogP contribution in [0, 0.1) is 5.82 Å². The Hall–Kier alpha value is -2.50. The lowest BCUT2D eigenvalue weighted by Crippen LogP contribution is -1.96. The molecule has 0 atom stereocenters. The third-order valence-electron chi connectivity index (χ3n) is 2.14. The van der Waals surface area contributed by atoms with Crippen LogP contribution in [0.1, 0.15) is 5.56 Å². The van der Waals surface area contributed by atoms with E-state index in [9.17, 15) is 4.39 Å². The number of hydrogen-bond donors (Lipinski definition) is 1. The molecule has 1 N–H and O–H groups in total. The number of hydrogen-bond acceptors (Lipinski definition) is 5. The van der Waals surface area contributed by atoms with Crippen LogP contribution in [0.25, 0.3) is 0 Å². The smallest absolute Gasteiger partial charge is 0.218 e. The number of nitrogens with zero attached hydrogens (tertiary/aromatic N) is 3. The molecule has 0 radical (unpaired) electrons. The Balaban J connectivity index is 2.05. The van der Waals surface area contributed by atoms with Gasteiger partial charge in [-0.05, 0) is 6.07 Å². The van der Waals surface area contributed by atoms with Crippen LogP contribution in [0.2, 0.25) is 0 Å². The second-order valence-corrected chi connectivity index (χ2v) is 3.34. The average Bonchev–Trinajstić information content (AvgIpc) is 2.41. The molecule has 1 aromatic heterocycles. The fraction of sp³-hybridized carbons (Fsp3) is 0.0833. The molecule has 5 nitrogen and oxygen atoms in total. The van der Waals surface area contributed by atoms with E-state index in [0.717, 1.165) is 0 Å². The van der Waals surface area contributed by atoms with E-state index in [4.69, 9.17) is 4.74 Å². The summed E-state index contributed by atoms with van der Waals surface area (Å²) in [5, 5.41) is 3.89. The third kappa shape index (κ3) is 3.00. The van der Waals surface area contributed by atoms with Crippen LogP contribution < -0.4 is 10.2 Å². The molecule has 2 rings (SSSR count). The van der Waals surface area contributed by atoms with Crippen LogP contribution in [0.15, 0.2) is 41.8 Å². The summed E-state index contributed by atoms with van der Waals surface area (Å²) < 4.78 is 18.2. The third-order valence-corrected chi connectivity index (χ3v) is 2.14. The van der Waals surface area contributed by atoms with Crippen molar-refractivity contribution in [1.82, 2.24) is 9.97 Å². The van der Waals surface area contributed by atoms with Gasteiger partial charge in [-0.2, -0.15) is 5.10 Å². The Morgan fingerprint density at radius 2 is 2.17 bits per heavy atom. The first-order valence-electron chi connectivity index (χ1n) is 5.19. The van der Waals surface area contributed by atoms with E-state index in [0.29, 0.717) is 17.3 Å². The van der Waals surface area contributed by atoms with Crippen molar-refractivity contribution in [3.05, 3.63) is 48.0 Å². The van der Waals surface area contributed by atoms with Crippen LogP contribution in [-0.4, -0.2) is 23.3 Å². The number of methoxy groups -OCH3 is 1. The number of halogens is 1. The van der Waals surface area contributed by atoms with Crippen molar-refractivity contribution in [2.45, 2.75) is 0 Å². The van der Waals surface area contributed by atoms with Gasteiger partial charge in [0.2, 0.25) is 5.88 Å². The topological polar surface area (TPSA) is 59.4 Å².